The Labute approximate surface area is 72.2 Å². The van der Waals surface area contributed by atoms with E-state index in [4.69, 9.17) is 4.74 Å². The summed E-state index contributed by atoms with van der Waals surface area (Å²) in [7, 11) is 0. The molecule has 0 aromatic heterocycles. The van der Waals surface area contributed by atoms with E-state index in [-0.39, 0.29) is 5.82 Å². The Kier molecular flexibility index (Phi) is 3.23. The standard InChI is InChI=1S/C10H13FO/c1-3-12-7-9-5-4-8(2)10(11)6-9/h4-6H,3,7H2,1-2H3. The molecule has 0 bridgehead atoms. The molecule has 2 heteroatoms. The van der Waals surface area contributed by atoms with Crippen LogP contribution in [0.3, 0.4) is 0 Å². The molecule has 1 nitrogen and oxygen atoms in total. The number of aryl methyl sites for hydroxylation is 1. The second-order valence-corrected chi connectivity index (χ2v) is 2.72. The smallest absolute Gasteiger partial charge is 0.126 e. The van der Waals surface area contributed by atoms with Crippen LogP contribution >= 0.6 is 0 Å². The van der Waals surface area contributed by atoms with Crippen LogP contribution in [0, 0.1) is 12.7 Å². The van der Waals surface area contributed by atoms with Gasteiger partial charge in [-0.25, -0.2) is 4.39 Å². The van der Waals surface area contributed by atoms with Crippen LogP contribution in [0.1, 0.15) is 18.1 Å². The van der Waals surface area contributed by atoms with Crippen molar-refractivity contribution in [1.82, 2.24) is 0 Å². The van der Waals surface area contributed by atoms with Gasteiger partial charge in [-0.1, -0.05) is 12.1 Å². The first-order chi connectivity index (χ1) is 5.74. The van der Waals surface area contributed by atoms with E-state index >= 15 is 0 Å². The predicted molar refractivity (Wildman–Crippen MR) is 46.5 cm³/mol. The van der Waals surface area contributed by atoms with Gasteiger partial charge in [-0.15, -0.1) is 0 Å². The molecule has 0 amide bonds. The zero-order valence-corrected chi connectivity index (χ0v) is 7.43. The maximum atomic E-state index is 13.0. The lowest BCUT2D eigenvalue weighted by Gasteiger charge is -2.02. The van der Waals surface area contributed by atoms with Crippen LogP contribution in [-0.2, 0) is 11.3 Å². The Hall–Kier alpha value is -0.890. The molecule has 0 unspecified atom stereocenters. The van der Waals surface area contributed by atoms with Crippen LogP contribution in [0.25, 0.3) is 0 Å². The fourth-order valence-electron chi connectivity index (χ4n) is 0.946. The molecular formula is C10H13FO. The van der Waals surface area contributed by atoms with E-state index < -0.39 is 0 Å². The number of ether oxygens (including phenoxy) is 1. The van der Waals surface area contributed by atoms with Gasteiger partial charge in [0, 0.05) is 6.61 Å². The van der Waals surface area contributed by atoms with Crippen LogP contribution in [-0.4, -0.2) is 6.61 Å². The minimum atomic E-state index is -0.160. The Morgan fingerprint density at radius 2 is 2.17 bits per heavy atom. The maximum absolute atomic E-state index is 13.0. The minimum Gasteiger partial charge on any atom is -0.377 e. The first-order valence-electron chi connectivity index (χ1n) is 4.07. The zero-order valence-electron chi connectivity index (χ0n) is 7.43. The molecule has 1 aromatic carbocycles. The molecule has 0 radical (unpaired) electrons. The third-order valence-corrected chi connectivity index (χ3v) is 1.71. The third kappa shape index (κ3) is 2.31. The molecule has 0 spiro atoms. The highest BCUT2D eigenvalue weighted by Crippen LogP contribution is 2.09. The van der Waals surface area contributed by atoms with Crippen molar-refractivity contribution >= 4 is 0 Å². The lowest BCUT2D eigenvalue weighted by Crippen LogP contribution is -1.93. The summed E-state index contributed by atoms with van der Waals surface area (Å²) in [5, 5.41) is 0. The number of halogens is 1. The van der Waals surface area contributed by atoms with Gasteiger partial charge in [-0.2, -0.15) is 0 Å². The Bertz CT molecular complexity index is 258. The molecule has 0 heterocycles. The van der Waals surface area contributed by atoms with Crippen molar-refractivity contribution in [2.75, 3.05) is 6.61 Å². The van der Waals surface area contributed by atoms with Gasteiger partial charge >= 0.3 is 0 Å². The number of hydrogen-bond acceptors (Lipinski definition) is 1. The molecule has 66 valence electrons. The average molecular weight is 168 g/mol. The molecule has 0 aliphatic carbocycles. The van der Waals surface area contributed by atoms with E-state index in [0.717, 1.165) is 5.56 Å². The summed E-state index contributed by atoms with van der Waals surface area (Å²) in [5.41, 5.74) is 1.56. The molecule has 0 N–H and O–H groups in total. The largest absolute Gasteiger partial charge is 0.377 e. The van der Waals surface area contributed by atoms with Crippen molar-refractivity contribution < 1.29 is 9.13 Å². The number of benzene rings is 1. The Balaban J connectivity index is 2.69. The van der Waals surface area contributed by atoms with Crippen LogP contribution in [0.15, 0.2) is 18.2 Å². The van der Waals surface area contributed by atoms with E-state index in [1.165, 1.54) is 6.07 Å². The first-order valence-corrected chi connectivity index (χ1v) is 4.07. The lowest BCUT2D eigenvalue weighted by atomic mass is 10.1. The van der Waals surface area contributed by atoms with Gasteiger partial charge in [0.15, 0.2) is 0 Å². The zero-order chi connectivity index (χ0) is 8.97. The topological polar surface area (TPSA) is 9.23 Å². The summed E-state index contributed by atoms with van der Waals surface area (Å²) < 4.78 is 18.1. The van der Waals surface area contributed by atoms with Crippen LogP contribution in [0.4, 0.5) is 4.39 Å². The van der Waals surface area contributed by atoms with Crippen molar-refractivity contribution in [1.29, 1.82) is 0 Å². The van der Waals surface area contributed by atoms with Crippen molar-refractivity contribution in [3.63, 3.8) is 0 Å². The quantitative estimate of drug-likeness (QED) is 0.674. The van der Waals surface area contributed by atoms with Gasteiger partial charge < -0.3 is 4.74 Å². The number of rotatable bonds is 3. The fraction of sp³-hybridized carbons (Fsp3) is 0.400. The highest BCUT2D eigenvalue weighted by atomic mass is 19.1. The van der Waals surface area contributed by atoms with Gasteiger partial charge in [0.1, 0.15) is 5.82 Å². The summed E-state index contributed by atoms with van der Waals surface area (Å²) in [6, 6.07) is 5.17. The van der Waals surface area contributed by atoms with Crippen molar-refractivity contribution in [3.05, 3.63) is 35.1 Å². The highest BCUT2D eigenvalue weighted by molar-refractivity contribution is 5.22. The molecule has 0 atom stereocenters. The normalized spacial score (nSPS) is 10.2. The Morgan fingerprint density at radius 1 is 1.42 bits per heavy atom. The molecular weight excluding hydrogens is 155 g/mol. The van der Waals surface area contributed by atoms with Crippen LogP contribution < -0.4 is 0 Å². The summed E-state index contributed by atoms with van der Waals surface area (Å²) in [5.74, 6) is -0.160. The minimum absolute atomic E-state index is 0.160. The maximum Gasteiger partial charge on any atom is 0.126 e. The molecule has 0 aliphatic heterocycles. The third-order valence-electron chi connectivity index (χ3n) is 1.71. The van der Waals surface area contributed by atoms with Crippen LogP contribution in [0.5, 0.6) is 0 Å². The number of hydrogen-bond donors (Lipinski definition) is 0. The molecule has 0 aliphatic rings. The van der Waals surface area contributed by atoms with Crippen LogP contribution in [0.2, 0.25) is 0 Å². The monoisotopic (exact) mass is 168 g/mol. The van der Waals surface area contributed by atoms with Gasteiger partial charge in [0.25, 0.3) is 0 Å². The van der Waals surface area contributed by atoms with Crippen molar-refractivity contribution in [2.45, 2.75) is 20.5 Å². The first kappa shape index (κ1) is 9.20. The van der Waals surface area contributed by atoms with E-state index in [0.29, 0.717) is 18.8 Å². The molecule has 0 saturated heterocycles. The molecule has 1 rings (SSSR count). The van der Waals surface area contributed by atoms with E-state index in [1.807, 2.05) is 13.0 Å². The SMILES string of the molecule is CCOCc1ccc(C)c(F)c1. The summed E-state index contributed by atoms with van der Waals surface area (Å²) in [4.78, 5) is 0. The second-order valence-electron chi connectivity index (χ2n) is 2.72. The van der Waals surface area contributed by atoms with Crippen molar-refractivity contribution in [3.8, 4) is 0 Å². The predicted octanol–water partition coefficient (Wildman–Crippen LogP) is 2.67. The highest BCUT2D eigenvalue weighted by Gasteiger charge is 1.98. The van der Waals surface area contributed by atoms with E-state index in [9.17, 15) is 4.39 Å². The fourth-order valence-corrected chi connectivity index (χ4v) is 0.946. The summed E-state index contributed by atoms with van der Waals surface area (Å²) in [6.07, 6.45) is 0. The summed E-state index contributed by atoms with van der Waals surface area (Å²) >= 11 is 0. The van der Waals surface area contributed by atoms with Gasteiger partial charge in [-0.05, 0) is 31.0 Å². The van der Waals surface area contributed by atoms with Gasteiger partial charge in [-0.3, -0.25) is 0 Å². The van der Waals surface area contributed by atoms with E-state index in [1.54, 1.807) is 13.0 Å². The van der Waals surface area contributed by atoms with E-state index in [2.05, 4.69) is 0 Å². The van der Waals surface area contributed by atoms with Gasteiger partial charge in [0.05, 0.1) is 6.61 Å². The molecule has 1 aromatic rings. The lowest BCUT2D eigenvalue weighted by molar-refractivity contribution is 0.134. The van der Waals surface area contributed by atoms with Crippen molar-refractivity contribution in [2.24, 2.45) is 0 Å². The summed E-state index contributed by atoms with van der Waals surface area (Å²) in [6.45, 7) is 4.83. The van der Waals surface area contributed by atoms with Gasteiger partial charge in [0.2, 0.25) is 0 Å². The average Bonchev–Trinajstić information content (AvgIpc) is 2.07. The molecule has 12 heavy (non-hydrogen) atoms. The Morgan fingerprint density at radius 3 is 2.75 bits per heavy atom. The second kappa shape index (κ2) is 4.21. The molecule has 0 saturated carbocycles. The molecule has 0 fully saturated rings.